The maximum atomic E-state index is 13.4. The summed E-state index contributed by atoms with van der Waals surface area (Å²) in [6, 6.07) is 9.56. The number of carbonyl (C=O) groups is 2. The third-order valence-electron chi connectivity index (χ3n) is 8.89. The highest BCUT2D eigenvalue weighted by Crippen LogP contribution is 2.51. The number of hydrogen-bond donors (Lipinski definition) is 2. The van der Waals surface area contributed by atoms with Crippen molar-refractivity contribution < 1.29 is 45.8 Å². The van der Waals surface area contributed by atoms with Gasteiger partial charge in [-0.25, -0.2) is 4.79 Å². The fraction of sp³-hybridized carbons (Fsp3) is 0.576. The highest BCUT2D eigenvalue weighted by atomic mass is 19.4. The predicted molar refractivity (Wildman–Crippen MR) is 156 cm³/mol. The minimum Gasteiger partial charge on any atom is -0.493 e. The van der Waals surface area contributed by atoms with Crippen LogP contribution in [0.2, 0.25) is 0 Å². The second-order valence-corrected chi connectivity index (χ2v) is 12.2. The van der Waals surface area contributed by atoms with Gasteiger partial charge in [0.1, 0.15) is 11.3 Å². The lowest BCUT2D eigenvalue weighted by Crippen LogP contribution is -2.53. The third-order valence-corrected chi connectivity index (χ3v) is 8.89. The number of aryl methyl sites for hydroxylation is 1. The summed E-state index contributed by atoms with van der Waals surface area (Å²) < 4.78 is 85.8. The molecule has 0 bridgehead atoms. The van der Waals surface area contributed by atoms with Crippen LogP contribution >= 0.6 is 0 Å². The molecule has 0 spiro atoms. The Balaban J connectivity index is 1.33. The quantitative estimate of drug-likeness (QED) is 0.125. The first kappa shape index (κ1) is 34.6. The van der Waals surface area contributed by atoms with Gasteiger partial charge < -0.3 is 15.2 Å². The molecule has 2 aromatic rings. The van der Waals surface area contributed by atoms with Crippen molar-refractivity contribution in [3.63, 3.8) is 0 Å². The highest BCUT2D eigenvalue weighted by molar-refractivity contribution is 6.07. The van der Waals surface area contributed by atoms with Crippen molar-refractivity contribution in [1.82, 2.24) is 10.2 Å². The Hall–Kier alpha value is -3.28. The Kier molecular flexibility index (Phi) is 10.2. The van der Waals surface area contributed by atoms with E-state index in [1.807, 2.05) is 24.3 Å². The predicted octanol–water partition coefficient (Wildman–Crippen LogP) is 7.87. The second kappa shape index (κ2) is 13.2. The van der Waals surface area contributed by atoms with Crippen LogP contribution in [0, 0.1) is 5.92 Å². The Labute approximate surface area is 259 Å². The number of nitrogens with zero attached hydrogens (tertiary/aromatic N) is 1. The van der Waals surface area contributed by atoms with Crippen molar-refractivity contribution in [3.05, 3.63) is 64.7 Å². The maximum Gasteiger partial charge on any atom is 0.430 e. The monoisotopic (exact) mass is 642 g/mol. The molecule has 3 unspecified atom stereocenters. The number of rotatable bonds is 14. The number of alkyl halides is 6. The van der Waals surface area contributed by atoms with E-state index in [-0.39, 0.29) is 36.8 Å². The average Bonchev–Trinajstić information content (AvgIpc) is 3.72. The Morgan fingerprint density at radius 2 is 1.62 bits per heavy atom. The van der Waals surface area contributed by atoms with Crippen molar-refractivity contribution >= 4 is 11.9 Å². The number of unbranched alkanes of at least 4 members (excludes halogenated alkanes) is 2. The fourth-order valence-corrected chi connectivity index (χ4v) is 6.05. The SMILES string of the molecule is CCCCC1CC1c1ccc(C2(C)NC(=O)N(CCCCOc3ccc(C(O)(C(F)(F)F)C(F)(F)F)cc3CCC)C2=O)cc1. The normalized spacial score (nSPS) is 22.1. The molecule has 45 heavy (non-hydrogen) atoms. The van der Waals surface area contributed by atoms with E-state index in [9.17, 15) is 41.0 Å². The molecule has 1 saturated heterocycles. The van der Waals surface area contributed by atoms with Crippen LogP contribution in [-0.2, 0) is 22.4 Å². The van der Waals surface area contributed by atoms with E-state index in [0.29, 0.717) is 48.8 Å². The first-order chi connectivity index (χ1) is 21.1. The highest BCUT2D eigenvalue weighted by Gasteiger charge is 2.71. The van der Waals surface area contributed by atoms with Crippen molar-refractivity contribution in [2.45, 2.75) is 102 Å². The molecule has 1 aliphatic heterocycles. The molecule has 12 heteroatoms. The molecule has 2 aliphatic rings. The molecule has 0 radical (unpaired) electrons. The van der Waals surface area contributed by atoms with E-state index in [2.05, 4.69) is 12.2 Å². The van der Waals surface area contributed by atoms with Crippen LogP contribution in [0.15, 0.2) is 42.5 Å². The molecule has 2 aromatic carbocycles. The number of benzene rings is 2. The number of hydrogen-bond acceptors (Lipinski definition) is 4. The Morgan fingerprint density at radius 3 is 2.22 bits per heavy atom. The van der Waals surface area contributed by atoms with Crippen LogP contribution < -0.4 is 10.1 Å². The van der Waals surface area contributed by atoms with Crippen LogP contribution in [0.3, 0.4) is 0 Å². The summed E-state index contributed by atoms with van der Waals surface area (Å²) in [5, 5.41) is 12.6. The lowest BCUT2D eigenvalue weighted by molar-refractivity contribution is -0.376. The lowest BCUT2D eigenvalue weighted by atomic mass is 9.90. The van der Waals surface area contributed by atoms with Crippen molar-refractivity contribution in [1.29, 1.82) is 0 Å². The summed E-state index contributed by atoms with van der Waals surface area (Å²) in [5.41, 5.74) is -5.53. The molecule has 0 aromatic heterocycles. The molecule has 3 amide bonds. The standard InChI is InChI=1S/C33H40F6N2O4/c1-4-6-10-22-20-26(22)21-11-13-24(14-12-21)30(3)28(42)41(29(43)40-30)17-7-8-18-45-27-16-15-25(19-23(27)9-5-2)31(44,32(34,35)36)33(37,38)39/h11-16,19,22,26,44H,4-10,17-18,20H2,1-3H3,(H,40,43). The van der Waals surface area contributed by atoms with E-state index in [4.69, 9.17) is 4.74 Å². The summed E-state index contributed by atoms with van der Waals surface area (Å²) >= 11 is 0. The minimum atomic E-state index is -5.98. The first-order valence-corrected chi connectivity index (χ1v) is 15.4. The number of amides is 3. The number of aliphatic hydroxyl groups is 1. The van der Waals surface area contributed by atoms with Gasteiger partial charge >= 0.3 is 18.4 Å². The van der Waals surface area contributed by atoms with E-state index in [0.717, 1.165) is 11.0 Å². The van der Waals surface area contributed by atoms with Gasteiger partial charge in [0.15, 0.2) is 0 Å². The van der Waals surface area contributed by atoms with Gasteiger partial charge in [0.2, 0.25) is 0 Å². The number of nitrogens with one attached hydrogen (secondary N) is 1. The fourth-order valence-electron chi connectivity index (χ4n) is 6.05. The minimum absolute atomic E-state index is 0.0433. The molecular formula is C33H40F6N2O4. The number of halogens is 6. The smallest absolute Gasteiger partial charge is 0.430 e. The molecule has 4 rings (SSSR count). The van der Waals surface area contributed by atoms with Crippen LogP contribution in [0.4, 0.5) is 31.1 Å². The lowest BCUT2D eigenvalue weighted by Gasteiger charge is -2.33. The number of carbonyl (C=O) groups excluding carboxylic acids is 2. The van der Waals surface area contributed by atoms with Gasteiger partial charge in [0.05, 0.1) is 6.61 Å². The van der Waals surface area contributed by atoms with Crippen LogP contribution in [0.5, 0.6) is 5.75 Å². The summed E-state index contributed by atoms with van der Waals surface area (Å²) in [6.07, 6.45) is -5.94. The summed E-state index contributed by atoms with van der Waals surface area (Å²) in [6.45, 7) is 5.70. The number of urea groups is 1. The summed E-state index contributed by atoms with van der Waals surface area (Å²) in [4.78, 5) is 27.2. The zero-order valence-electron chi connectivity index (χ0n) is 25.7. The molecule has 1 heterocycles. The second-order valence-electron chi connectivity index (χ2n) is 12.2. The van der Waals surface area contributed by atoms with Crippen LogP contribution in [0.25, 0.3) is 0 Å². The largest absolute Gasteiger partial charge is 0.493 e. The molecular weight excluding hydrogens is 602 g/mol. The van der Waals surface area contributed by atoms with Crippen LogP contribution in [-0.4, -0.2) is 47.4 Å². The van der Waals surface area contributed by atoms with Gasteiger partial charge in [-0.2, -0.15) is 26.3 Å². The molecule has 2 fully saturated rings. The van der Waals surface area contributed by atoms with E-state index in [1.165, 1.54) is 31.2 Å². The third kappa shape index (κ3) is 6.95. The summed E-state index contributed by atoms with van der Waals surface area (Å²) in [5.74, 6) is 0.974. The number of imide groups is 1. The molecule has 1 saturated carbocycles. The van der Waals surface area contributed by atoms with Gasteiger partial charge in [-0.05, 0) is 79.7 Å². The zero-order chi connectivity index (χ0) is 33.2. The van der Waals surface area contributed by atoms with E-state index >= 15 is 0 Å². The average molecular weight is 643 g/mol. The van der Waals surface area contributed by atoms with Gasteiger partial charge in [0.25, 0.3) is 11.5 Å². The van der Waals surface area contributed by atoms with Crippen molar-refractivity contribution in [2.75, 3.05) is 13.2 Å². The van der Waals surface area contributed by atoms with Crippen molar-refractivity contribution in [2.24, 2.45) is 5.92 Å². The van der Waals surface area contributed by atoms with E-state index < -0.39 is 35.1 Å². The van der Waals surface area contributed by atoms with Gasteiger partial charge in [-0.3, -0.25) is 9.69 Å². The topological polar surface area (TPSA) is 78.9 Å². The first-order valence-electron chi connectivity index (χ1n) is 15.4. The number of ether oxygens (including phenoxy) is 1. The Morgan fingerprint density at radius 1 is 0.956 bits per heavy atom. The van der Waals surface area contributed by atoms with Gasteiger partial charge in [-0.1, -0.05) is 63.4 Å². The Bertz CT molecular complexity index is 1350. The maximum absolute atomic E-state index is 13.4. The molecule has 1 aliphatic carbocycles. The van der Waals surface area contributed by atoms with Crippen molar-refractivity contribution in [3.8, 4) is 5.75 Å². The van der Waals surface area contributed by atoms with E-state index in [1.54, 1.807) is 13.8 Å². The molecule has 248 valence electrons. The van der Waals surface area contributed by atoms with Gasteiger partial charge in [-0.15, -0.1) is 0 Å². The summed E-state index contributed by atoms with van der Waals surface area (Å²) in [7, 11) is 0. The zero-order valence-corrected chi connectivity index (χ0v) is 25.7. The molecule has 2 N–H and O–H groups in total. The van der Waals surface area contributed by atoms with Gasteiger partial charge in [0, 0.05) is 12.1 Å². The molecule has 6 nitrogen and oxygen atoms in total. The van der Waals surface area contributed by atoms with Crippen LogP contribution in [0.1, 0.15) is 93.9 Å². The molecule has 3 atom stereocenters.